The molecule has 1 aromatic carbocycles. The molecule has 6 heteroatoms. The van der Waals surface area contributed by atoms with Crippen LogP contribution < -0.4 is 5.32 Å². The molecule has 0 bridgehead atoms. The van der Waals surface area contributed by atoms with Gasteiger partial charge in [-0.2, -0.15) is 13.2 Å². The van der Waals surface area contributed by atoms with Crippen LogP contribution in [0.15, 0.2) is 22.7 Å². The minimum Gasteiger partial charge on any atom is -0.349 e. The summed E-state index contributed by atoms with van der Waals surface area (Å²) >= 11 is 2.87. The molecule has 0 heterocycles. The van der Waals surface area contributed by atoms with Crippen molar-refractivity contribution in [1.29, 1.82) is 0 Å². The Balaban J connectivity index is 2.12. The molecular formula is C15H17BrF3NO. The molecule has 0 aromatic heterocycles. The van der Waals surface area contributed by atoms with E-state index in [9.17, 15) is 18.0 Å². The first-order valence-corrected chi connectivity index (χ1v) is 7.85. The fraction of sp³-hybridized carbons (Fsp3) is 0.533. The van der Waals surface area contributed by atoms with Crippen LogP contribution in [0.2, 0.25) is 0 Å². The fourth-order valence-electron chi connectivity index (χ4n) is 2.58. The number of hydrogen-bond donors (Lipinski definition) is 1. The van der Waals surface area contributed by atoms with Crippen molar-refractivity contribution in [1.82, 2.24) is 5.32 Å². The average Bonchev–Trinajstić information content (AvgIpc) is 2.66. The predicted molar refractivity (Wildman–Crippen MR) is 78.1 cm³/mol. The molecule has 0 aliphatic heterocycles. The molecule has 1 fully saturated rings. The molecule has 1 amide bonds. The summed E-state index contributed by atoms with van der Waals surface area (Å²) in [7, 11) is 0. The normalized spacial score (nSPS) is 17.3. The largest absolute Gasteiger partial charge is 0.417 e. The third-order valence-electron chi connectivity index (χ3n) is 3.72. The number of carbonyl (C=O) groups is 1. The number of benzene rings is 1. The minimum absolute atomic E-state index is 0.0507. The number of amides is 1. The maximum atomic E-state index is 12.8. The molecule has 0 unspecified atom stereocenters. The SMILES string of the molecule is O=C(NC1CCCCCC1)c1ccc(Br)c(C(F)(F)F)c1. The molecule has 21 heavy (non-hydrogen) atoms. The van der Waals surface area contributed by atoms with Crippen LogP contribution in [0.1, 0.15) is 54.4 Å². The van der Waals surface area contributed by atoms with Crippen molar-refractivity contribution in [3.63, 3.8) is 0 Å². The van der Waals surface area contributed by atoms with E-state index in [1.807, 2.05) is 0 Å². The van der Waals surface area contributed by atoms with Gasteiger partial charge in [0.25, 0.3) is 5.91 Å². The Hall–Kier alpha value is -1.04. The zero-order valence-electron chi connectivity index (χ0n) is 11.5. The topological polar surface area (TPSA) is 29.1 Å². The van der Waals surface area contributed by atoms with Gasteiger partial charge in [0.05, 0.1) is 5.56 Å². The number of alkyl halides is 3. The molecule has 0 saturated heterocycles. The van der Waals surface area contributed by atoms with E-state index in [1.165, 1.54) is 12.1 Å². The lowest BCUT2D eigenvalue weighted by Gasteiger charge is -2.17. The van der Waals surface area contributed by atoms with Crippen molar-refractivity contribution >= 4 is 21.8 Å². The lowest BCUT2D eigenvalue weighted by atomic mass is 10.1. The van der Waals surface area contributed by atoms with Gasteiger partial charge >= 0.3 is 6.18 Å². The predicted octanol–water partition coefficient (Wildman–Crippen LogP) is 4.92. The molecule has 116 valence electrons. The molecule has 0 atom stereocenters. The van der Waals surface area contributed by atoms with E-state index in [2.05, 4.69) is 21.2 Å². The van der Waals surface area contributed by atoms with Crippen molar-refractivity contribution in [2.45, 2.75) is 50.7 Å². The lowest BCUT2D eigenvalue weighted by molar-refractivity contribution is -0.138. The van der Waals surface area contributed by atoms with Gasteiger partial charge in [0.1, 0.15) is 0 Å². The molecule has 2 nitrogen and oxygen atoms in total. The number of halogens is 4. The first-order valence-electron chi connectivity index (χ1n) is 7.05. The highest BCUT2D eigenvalue weighted by Crippen LogP contribution is 2.35. The van der Waals surface area contributed by atoms with E-state index < -0.39 is 17.6 Å². The van der Waals surface area contributed by atoms with Crippen LogP contribution in [-0.4, -0.2) is 11.9 Å². The number of hydrogen-bond acceptors (Lipinski definition) is 1. The van der Waals surface area contributed by atoms with E-state index in [0.717, 1.165) is 44.6 Å². The Bertz CT molecular complexity index is 508. The Labute approximate surface area is 130 Å². The summed E-state index contributed by atoms with van der Waals surface area (Å²) in [5.74, 6) is -0.431. The Kier molecular flexibility index (Phi) is 5.30. The average molecular weight is 364 g/mol. The van der Waals surface area contributed by atoms with Crippen molar-refractivity contribution in [2.75, 3.05) is 0 Å². The van der Waals surface area contributed by atoms with E-state index >= 15 is 0 Å². The molecule has 1 aliphatic rings. The van der Waals surface area contributed by atoms with Gasteiger partial charge in [-0.3, -0.25) is 4.79 Å². The van der Waals surface area contributed by atoms with Crippen LogP contribution in [0.3, 0.4) is 0 Å². The molecule has 1 saturated carbocycles. The number of nitrogens with one attached hydrogen (secondary N) is 1. The lowest BCUT2D eigenvalue weighted by Crippen LogP contribution is -2.34. The Morgan fingerprint density at radius 1 is 1.14 bits per heavy atom. The zero-order valence-corrected chi connectivity index (χ0v) is 13.1. The standard InChI is InChI=1S/C15H17BrF3NO/c16-13-8-7-10(9-12(13)15(17,18)19)14(21)20-11-5-3-1-2-4-6-11/h7-9,11H,1-6H2,(H,20,21). The first kappa shape index (κ1) is 16.3. The highest BCUT2D eigenvalue weighted by molar-refractivity contribution is 9.10. The Morgan fingerprint density at radius 2 is 1.76 bits per heavy atom. The van der Waals surface area contributed by atoms with Gasteiger partial charge in [0.15, 0.2) is 0 Å². The summed E-state index contributed by atoms with van der Waals surface area (Å²) < 4.78 is 38.5. The van der Waals surface area contributed by atoms with Crippen LogP contribution in [0, 0.1) is 0 Å². The molecule has 2 rings (SSSR count). The van der Waals surface area contributed by atoms with Gasteiger partial charge in [-0.25, -0.2) is 0 Å². The monoisotopic (exact) mass is 363 g/mol. The number of carbonyl (C=O) groups excluding carboxylic acids is 1. The second kappa shape index (κ2) is 6.81. The smallest absolute Gasteiger partial charge is 0.349 e. The number of rotatable bonds is 2. The third kappa shape index (κ3) is 4.46. The maximum Gasteiger partial charge on any atom is 0.417 e. The van der Waals surface area contributed by atoms with E-state index in [0.29, 0.717) is 0 Å². The van der Waals surface area contributed by atoms with E-state index in [4.69, 9.17) is 0 Å². The third-order valence-corrected chi connectivity index (χ3v) is 4.42. The van der Waals surface area contributed by atoms with E-state index in [-0.39, 0.29) is 16.1 Å². The first-order chi connectivity index (χ1) is 9.88. The molecule has 1 N–H and O–H groups in total. The van der Waals surface area contributed by atoms with Crippen molar-refractivity contribution in [3.8, 4) is 0 Å². The van der Waals surface area contributed by atoms with Crippen LogP contribution in [0.25, 0.3) is 0 Å². The van der Waals surface area contributed by atoms with E-state index in [1.54, 1.807) is 0 Å². The maximum absolute atomic E-state index is 12.8. The quantitative estimate of drug-likeness (QED) is 0.742. The molecule has 0 spiro atoms. The van der Waals surface area contributed by atoms with Gasteiger partial charge in [-0.05, 0) is 31.0 Å². The van der Waals surface area contributed by atoms with Crippen molar-refractivity contribution in [2.24, 2.45) is 0 Å². The summed E-state index contributed by atoms with van der Waals surface area (Å²) in [6.07, 6.45) is 1.74. The summed E-state index contributed by atoms with van der Waals surface area (Å²) in [5.41, 5.74) is -0.772. The highest BCUT2D eigenvalue weighted by Gasteiger charge is 2.33. The summed E-state index contributed by atoms with van der Waals surface area (Å²) in [6, 6.07) is 3.64. The molecule has 0 radical (unpaired) electrons. The van der Waals surface area contributed by atoms with Gasteiger partial charge in [0, 0.05) is 16.1 Å². The molecular weight excluding hydrogens is 347 g/mol. The highest BCUT2D eigenvalue weighted by atomic mass is 79.9. The van der Waals surface area contributed by atoms with Gasteiger partial charge in [0.2, 0.25) is 0 Å². The fourth-order valence-corrected chi connectivity index (χ4v) is 3.05. The summed E-state index contributed by atoms with van der Waals surface area (Å²) in [6.45, 7) is 0. The Morgan fingerprint density at radius 3 is 2.33 bits per heavy atom. The van der Waals surface area contributed by atoms with Crippen molar-refractivity contribution in [3.05, 3.63) is 33.8 Å². The zero-order chi connectivity index (χ0) is 15.5. The van der Waals surface area contributed by atoms with Gasteiger partial charge in [-0.1, -0.05) is 41.6 Å². The summed E-state index contributed by atoms with van der Waals surface area (Å²) in [5, 5.41) is 2.85. The second-order valence-electron chi connectivity index (χ2n) is 5.35. The van der Waals surface area contributed by atoms with Gasteiger partial charge in [-0.15, -0.1) is 0 Å². The van der Waals surface area contributed by atoms with Gasteiger partial charge < -0.3 is 5.32 Å². The van der Waals surface area contributed by atoms with Crippen LogP contribution in [-0.2, 0) is 6.18 Å². The summed E-state index contributed by atoms with van der Waals surface area (Å²) in [4.78, 5) is 12.1. The molecule has 1 aromatic rings. The molecule has 1 aliphatic carbocycles. The van der Waals surface area contributed by atoms with Crippen molar-refractivity contribution < 1.29 is 18.0 Å². The minimum atomic E-state index is -4.47. The van der Waals surface area contributed by atoms with Crippen LogP contribution in [0.4, 0.5) is 13.2 Å². The van der Waals surface area contributed by atoms with Crippen LogP contribution >= 0.6 is 15.9 Å². The second-order valence-corrected chi connectivity index (χ2v) is 6.21. The van der Waals surface area contributed by atoms with Crippen LogP contribution in [0.5, 0.6) is 0 Å².